The highest BCUT2D eigenvalue weighted by molar-refractivity contribution is 5.94. The average molecular weight is 278 g/mol. The topological polar surface area (TPSA) is 52.9 Å². The number of rotatable bonds is 3. The van der Waals surface area contributed by atoms with Gasteiger partial charge in [-0.15, -0.1) is 0 Å². The highest BCUT2D eigenvalue weighted by Crippen LogP contribution is 2.41. The first kappa shape index (κ1) is 14.2. The van der Waals surface area contributed by atoms with Crippen LogP contribution >= 0.6 is 0 Å². The zero-order valence-corrected chi connectivity index (χ0v) is 12.6. The average Bonchev–Trinajstić information content (AvgIpc) is 2.85. The number of aliphatic hydroxyl groups excluding tert-OH is 1. The summed E-state index contributed by atoms with van der Waals surface area (Å²) >= 11 is 0. The molecule has 2 heterocycles. The molecule has 0 aromatic carbocycles. The molecule has 0 aromatic rings. The maximum Gasteiger partial charge on any atom is 0.159 e. The predicted octanol–water partition coefficient (Wildman–Crippen LogP) is 1.72. The molecule has 1 saturated carbocycles. The van der Waals surface area contributed by atoms with Crippen LogP contribution in [0.15, 0.2) is 4.99 Å². The summed E-state index contributed by atoms with van der Waals surface area (Å²) in [5.41, 5.74) is 1.30. The number of fused-ring (bicyclic) bond motifs is 2. The van der Waals surface area contributed by atoms with E-state index in [1.807, 2.05) is 13.8 Å². The maximum atomic E-state index is 12.2. The lowest BCUT2D eigenvalue weighted by Gasteiger charge is -2.36. The lowest BCUT2D eigenvalue weighted by atomic mass is 9.71. The van der Waals surface area contributed by atoms with E-state index in [2.05, 4.69) is 4.90 Å². The van der Waals surface area contributed by atoms with E-state index in [-0.39, 0.29) is 18.7 Å². The van der Waals surface area contributed by atoms with Gasteiger partial charge in [0.15, 0.2) is 5.78 Å². The number of ketones is 1. The van der Waals surface area contributed by atoms with E-state index >= 15 is 0 Å². The summed E-state index contributed by atoms with van der Waals surface area (Å²) in [5.74, 6) is 2.37. The molecule has 0 bridgehead atoms. The highest BCUT2D eigenvalue weighted by atomic mass is 16.3. The predicted molar refractivity (Wildman–Crippen MR) is 78.7 cm³/mol. The SMILES string of the molecule is CC(C)C(=O)C1CCC2C[C@@H]3CN(CO)C[C@H]3CC2=N1. The van der Waals surface area contributed by atoms with Gasteiger partial charge in [0.2, 0.25) is 0 Å². The second kappa shape index (κ2) is 5.57. The van der Waals surface area contributed by atoms with Gasteiger partial charge in [-0.1, -0.05) is 13.8 Å². The molecule has 0 amide bonds. The molecule has 1 aliphatic carbocycles. The van der Waals surface area contributed by atoms with Crippen LogP contribution in [0.2, 0.25) is 0 Å². The van der Waals surface area contributed by atoms with Gasteiger partial charge in [0.1, 0.15) is 6.04 Å². The van der Waals surface area contributed by atoms with Gasteiger partial charge in [0.25, 0.3) is 0 Å². The summed E-state index contributed by atoms with van der Waals surface area (Å²) in [6.45, 7) is 6.16. The van der Waals surface area contributed by atoms with Gasteiger partial charge >= 0.3 is 0 Å². The van der Waals surface area contributed by atoms with Gasteiger partial charge in [-0.3, -0.25) is 14.7 Å². The first-order chi connectivity index (χ1) is 9.58. The number of carbonyl (C=O) groups is 1. The lowest BCUT2D eigenvalue weighted by molar-refractivity contribution is -0.123. The molecule has 4 nitrogen and oxygen atoms in total. The molecule has 20 heavy (non-hydrogen) atoms. The number of hydrogen-bond donors (Lipinski definition) is 1. The minimum Gasteiger partial charge on any atom is -0.381 e. The van der Waals surface area contributed by atoms with Crippen molar-refractivity contribution in [1.29, 1.82) is 0 Å². The van der Waals surface area contributed by atoms with Gasteiger partial charge in [0.05, 0.1) is 6.73 Å². The molecule has 1 N–H and O–H groups in total. The van der Waals surface area contributed by atoms with Crippen LogP contribution in [0.25, 0.3) is 0 Å². The number of aliphatic imine (C=N–C) groups is 1. The van der Waals surface area contributed by atoms with Gasteiger partial charge in [-0.05, 0) is 43.4 Å². The van der Waals surface area contributed by atoms with Crippen LogP contribution in [0, 0.1) is 23.7 Å². The van der Waals surface area contributed by atoms with Crippen molar-refractivity contribution in [2.45, 2.75) is 45.6 Å². The number of nitrogens with zero attached hydrogens (tertiary/aromatic N) is 2. The Morgan fingerprint density at radius 1 is 1.35 bits per heavy atom. The molecule has 0 aromatic heterocycles. The van der Waals surface area contributed by atoms with E-state index in [0.29, 0.717) is 17.6 Å². The Morgan fingerprint density at radius 2 is 2.10 bits per heavy atom. The van der Waals surface area contributed by atoms with Crippen LogP contribution in [0.4, 0.5) is 0 Å². The number of carbonyl (C=O) groups excluding carboxylic acids is 1. The number of likely N-dealkylation sites (tertiary alicyclic amines) is 1. The van der Waals surface area contributed by atoms with Crippen molar-refractivity contribution < 1.29 is 9.90 Å². The van der Waals surface area contributed by atoms with Crippen molar-refractivity contribution in [3.63, 3.8) is 0 Å². The smallest absolute Gasteiger partial charge is 0.159 e. The monoisotopic (exact) mass is 278 g/mol. The molecule has 0 spiro atoms. The molecule has 4 atom stereocenters. The van der Waals surface area contributed by atoms with Crippen molar-refractivity contribution in [3.05, 3.63) is 0 Å². The van der Waals surface area contributed by atoms with Gasteiger partial charge < -0.3 is 5.11 Å². The minimum atomic E-state index is -0.0758. The van der Waals surface area contributed by atoms with Crippen LogP contribution in [-0.4, -0.2) is 47.4 Å². The summed E-state index contributed by atoms with van der Waals surface area (Å²) < 4.78 is 0. The summed E-state index contributed by atoms with van der Waals surface area (Å²) in [4.78, 5) is 19.1. The van der Waals surface area contributed by atoms with Crippen molar-refractivity contribution in [2.75, 3.05) is 19.8 Å². The molecule has 2 fully saturated rings. The van der Waals surface area contributed by atoms with E-state index < -0.39 is 0 Å². The fraction of sp³-hybridized carbons (Fsp3) is 0.875. The quantitative estimate of drug-likeness (QED) is 0.855. The van der Waals surface area contributed by atoms with E-state index in [1.165, 1.54) is 12.1 Å². The molecule has 3 aliphatic rings. The van der Waals surface area contributed by atoms with E-state index in [4.69, 9.17) is 4.99 Å². The molecule has 1 saturated heterocycles. The molecule has 4 heteroatoms. The Morgan fingerprint density at radius 3 is 2.80 bits per heavy atom. The van der Waals surface area contributed by atoms with E-state index in [1.54, 1.807) is 0 Å². The molecule has 112 valence electrons. The fourth-order valence-corrected chi connectivity index (χ4v) is 4.24. The van der Waals surface area contributed by atoms with Crippen LogP contribution in [0.1, 0.15) is 39.5 Å². The standard InChI is InChI=1S/C16H26N2O2/c1-10(2)16(20)14-4-3-11-5-12-7-18(9-19)8-13(12)6-15(11)17-14/h10-14,19H,3-9H2,1-2H3/t11?,12-,13-,14?/m1/s1. The molecular formula is C16H26N2O2. The van der Waals surface area contributed by atoms with Gasteiger partial charge in [-0.2, -0.15) is 0 Å². The summed E-state index contributed by atoms with van der Waals surface area (Å²) in [6.07, 6.45) is 4.33. The Kier molecular flexibility index (Phi) is 3.95. The van der Waals surface area contributed by atoms with E-state index in [0.717, 1.165) is 38.3 Å². The zero-order chi connectivity index (χ0) is 14.3. The third-order valence-corrected chi connectivity index (χ3v) is 5.39. The van der Waals surface area contributed by atoms with Crippen LogP contribution in [-0.2, 0) is 4.79 Å². The molecule has 3 rings (SSSR count). The summed E-state index contributed by atoms with van der Waals surface area (Å²) in [5, 5.41) is 9.30. The third kappa shape index (κ3) is 2.56. The van der Waals surface area contributed by atoms with Crippen molar-refractivity contribution in [1.82, 2.24) is 4.90 Å². The molecule has 2 aliphatic heterocycles. The highest BCUT2D eigenvalue weighted by Gasteiger charge is 2.42. The maximum absolute atomic E-state index is 12.2. The minimum absolute atomic E-state index is 0.0758. The van der Waals surface area contributed by atoms with Crippen LogP contribution < -0.4 is 0 Å². The Bertz CT molecular complexity index is 419. The third-order valence-electron chi connectivity index (χ3n) is 5.39. The zero-order valence-electron chi connectivity index (χ0n) is 12.6. The lowest BCUT2D eigenvalue weighted by Crippen LogP contribution is -2.38. The van der Waals surface area contributed by atoms with Crippen molar-refractivity contribution in [2.24, 2.45) is 28.7 Å². The largest absolute Gasteiger partial charge is 0.381 e. The van der Waals surface area contributed by atoms with E-state index in [9.17, 15) is 9.90 Å². The van der Waals surface area contributed by atoms with Crippen LogP contribution in [0.3, 0.4) is 0 Å². The Hall–Kier alpha value is -0.740. The Labute approximate surface area is 121 Å². The molecular weight excluding hydrogens is 252 g/mol. The second-order valence-corrected chi connectivity index (χ2v) is 7.10. The van der Waals surface area contributed by atoms with Crippen molar-refractivity contribution in [3.8, 4) is 0 Å². The molecule has 0 radical (unpaired) electrons. The normalized spacial score (nSPS) is 37.5. The first-order valence-electron chi connectivity index (χ1n) is 8.02. The van der Waals surface area contributed by atoms with Gasteiger partial charge in [0, 0.05) is 24.7 Å². The van der Waals surface area contributed by atoms with Crippen LogP contribution in [0.5, 0.6) is 0 Å². The number of aliphatic hydroxyl groups is 1. The van der Waals surface area contributed by atoms with Crippen molar-refractivity contribution >= 4 is 11.5 Å². The number of hydrogen-bond acceptors (Lipinski definition) is 4. The fourth-order valence-electron chi connectivity index (χ4n) is 4.24. The second-order valence-electron chi connectivity index (χ2n) is 7.10. The first-order valence-corrected chi connectivity index (χ1v) is 8.02. The van der Waals surface area contributed by atoms with Gasteiger partial charge in [-0.25, -0.2) is 0 Å². The Balaban J connectivity index is 1.72. The number of Topliss-reactive ketones (excluding diaryl/α,β-unsaturated/α-hetero) is 1. The summed E-state index contributed by atoms with van der Waals surface area (Å²) in [6, 6.07) is -0.0758. The summed E-state index contributed by atoms with van der Waals surface area (Å²) in [7, 11) is 0. The molecule has 2 unspecified atom stereocenters.